The fourth-order valence-corrected chi connectivity index (χ4v) is 3.59. The molecular weight excluding hydrogens is 450 g/mol. The smallest absolute Gasteiger partial charge is 0.343 e. The van der Waals surface area contributed by atoms with Gasteiger partial charge in [-0.3, -0.25) is 9.59 Å². The second kappa shape index (κ2) is 12.7. The molecule has 1 aromatic carbocycles. The summed E-state index contributed by atoms with van der Waals surface area (Å²) in [6.45, 7) is 7.05. The number of aromatic nitrogens is 1. The second-order valence-electron chi connectivity index (χ2n) is 8.38. The Bertz CT molecular complexity index is 1130. The lowest BCUT2D eigenvalue weighted by Crippen LogP contribution is -2.39. The molecule has 10 heteroatoms. The Hall–Kier alpha value is -3.69. The molecule has 1 N–H and O–H groups in total. The summed E-state index contributed by atoms with van der Waals surface area (Å²) >= 11 is 0. The number of esters is 1. The Morgan fingerprint density at radius 2 is 1.71 bits per heavy atom. The minimum absolute atomic E-state index is 0.0528. The van der Waals surface area contributed by atoms with Crippen LogP contribution in [0.15, 0.2) is 39.3 Å². The average molecular weight is 486 g/mol. The van der Waals surface area contributed by atoms with Crippen LogP contribution in [-0.4, -0.2) is 60.9 Å². The largest absolute Gasteiger partial charge is 0.492 e. The first-order valence-electron chi connectivity index (χ1n) is 11.7. The van der Waals surface area contributed by atoms with Gasteiger partial charge in [-0.05, 0) is 38.0 Å². The number of amides is 1. The molecule has 0 aliphatic heterocycles. The summed E-state index contributed by atoms with van der Waals surface area (Å²) in [5.74, 6) is -1.38. The van der Waals surface area contributed by atoms with E-state index >= 15 is 0 Å². The molecule has 1 heterocycles. The number of nitrogens with zero attached hydrogens (tertiary/aromatic N) is 5. The Balaban J connectivity index is 2.48. The van der Waals surface area contributed by atoms with E-state index in [9.17, 15) is 19.5 Å². The lowest BCUT2D eigenvalue weighted by atomic mass is 10.1. The van der Waals surface area contributed by atoms with Crippen LogP contribution in [-0.2, 0) is 4.74 Å². The molecule has 10 nitrogen and oxygen atoms in total. The van der Waals surface area contributed by atoms with Gasteiger partial charge in [-0.25, -0.2) is 4.79 Å². The summed E-state index contributed by atoms with van der Waals surface area (Å²) in [5, 5.41) is 20.4. The molecule has 0 spiro atoms. The number of hydrogen-bond acceptors (Lipinski definition) is 8. The third-order valence-corrected chi connectivity index (χ3v) is 5.55. The maximum Gasteiger partial charge on any atom is 0.343 e. The lowest BCUT2D eigenvalue weighted by molar-refractivity contribution is 0.0596. The Labute approximate surface area is 205 Å². The molecule has 0 aliphatic carbocycles. The number of hydrogen-bond donors (Lipinski definition) is 1. The van der Waals surface area contributed by atoms with Crippen molar-refractivity contribution >= 4 is 23.3 Å². The number of carbonyl (C=O) groups excluding carboxylic acids is 2. The van der Waals surface area contributed by atoms with Crippen molar-refractivity contribution in [1.29, 1.82) is 0 Å². The molecule has 2 aromatic rings. The van der Waals surface area contributed by atoms with Crippen LogP contribution in [0.2, 0.25) is 0 Å². The van der Waals surface area contributed by atoms with E-state index in [1.54, 1.807) is 24.3 Å². The van der Waals surface area contributed by atoms with Crippen LogP contribution in [0.1, 0.15) is 65.8 Å². The van der Waals surface area contributed by atoms with Gasteiger partial charge in [-0.2, -0.15) is 9.79 Å². The van der Waals surface area contributed by atoms with E-state index in [-0.39, 0.29) is 22.7 Å². The third-order valence-electron chi connectivity index (χ3n) is 5.55. The Kier molecular flexibility index (Phi) is 9.98. The summed E-state index contributed by atoms with van der Waals surface area (Å²) in [4.78, 5) is 40.0. The van der Waals surface area contributed by atoms with Crippen molar-refractivity contribution in [3.8, 4) is 5.88 Å². The van der Waals surface area contributed by atoms with Gasteiger partial charge in [0.25, 0.3) is 11.5 Å². The highest BCUT2D eigenvalue weighted by Crippen LogP contribution is 2.32. The number of methoxy groups -OCH3 is 1. The molecule has 1 amide bonds. The Morgan fingerprint density at radius 3 is 2.26 bits per heavy atom. The molecular formula is C25H35N5O5. The zero-order valence-corrected chi connectivity index (χ0v) is 21.4. The van der Waals surface area contributed by atoms with Gasteiger partial charge in [0.2, 0.25) is 5.88 Å². The van der Waals surface area contributed by atoms with Crippen LogP contribution in [0.5, 0.6) is 5.88 Å². The number of rotatable bonds is 11. The first-order chi connectivity index (χ1) is 16.7. The van der Waals surface area contributed by atoms with E-state index in [4.69, 9.17) is 4.74 Å². The van der Waals surface area contributed by atoms with Gasteiger partial charge >= 0.3 is 5.97 Å². The minimum Gasteiger partial charge on any atom is -0.492 e. The highest BCUT2D eigenvalue weighted by Gasteiger charge is 2.25. The summed E-state index contributed by atoms with van der Waals surface area (Å²) in [5.41, 5.74) is -0.0189. The third kappa shape index (κ3) is 6.46. The molecule has 0 unspecified atom stereocenters. The van der Waals surface area contributed by atoms with Crippen molar-refractivity contribution in [2.45, 2.75) is 46.5 Å². The van der Waals surface area contributed by atoms with Crippen molar-refractivity contribution in [2.75, 3.05) is 39.3 Å². The van der Waals surface area contributed by atoms with Crippen LogP contribution in [0.25, 0.3) is 0 Å². The molecule has 0 bridgehead atoms. The van der Waals surface area contributed by atoms with Crippen LogP contribution >= 0.6 is 0 Å². The molecule has 0 radical (unpaired) electrons. The molecule has 0 aliphatic rings. The maximum absolute atomic E-state index is 13.1. The SMILES string of the molecule is CCCCN(CCCC)C(=O)c1cccc(/N=N/c2c(C)c(C(=O)OC)c(=O)n(N(C)C)c2O)c1. The monoisotopic (exact) mass is 485 g/mol. The summed E-state index contributed by atoms with van der Waals surface area (Å²) in [6, 6.07) is 6.76. The van der Waals surface area contributed by atoms with Crippen LogP contribution < -0.4 is 10.6 Å². The van der Waals surface area contributed by atoms with E-state index < -0.39 is 17.4 Å². The van der Waals surface area contributed by atoms with Crippen LogP contribution in [0.3, 0.4) is 0 Å². The second-order valence-corrected chi connectivity index (χ2v) is 8.38. The van der Waals surface area contributed by atoms with E-state index in [1.165, 1.54) is 33.1 Å². The molecule has 0 atom stereocenters. The number of benzene rings is 1. The van der Waals surface area contributed by atoms with Gasteiger partial charge in [0.15, 0.2) is 5.69 Å². The highest BCUT2D eigenvalue weighted by molar-refractivity contribution is 5.95. The number of pyridine rings is 1. The van der Waals surface area contributed by atoms with Gasteiger partial charge in [-0.1, -0.05) is 32.8 Å². The number of aromatic hydroxyl groups is 1. The normalized spacial score (nSPS) is 11.0. The Morgan fingerprint density at radius 1 is 1.09 bits per heavy atom. The van der Waals surface area contributed by atoms with Crippen molar-refractivity contribution in [3.63, 3.8) is 0 Å². The van der Waals surface area contributed by atoms with Gasteiger partial charge in [0.05, 0.1) is 12.8 Å². The lowest BCUT2D eigenvalue weighted by Gasteiger charge is -2.22. The van der Waals surface area contributed by atoms with Crippen molar-refractivity contribution in [1.82, 2.24) is 9.58 Å². The first-order valence-corrected chi connectivity index (χ1v) is 11.7. The summed E-state index contributed by atoms with van der Waals surface area (Å²) in [6.07, 6.45) is 3.85. The number of azo groups is 1. The van der Waals surface area contributed by atoms with Crippen molar-refractivity contribution in [2.24, 2.45) is 10.2 Å². The standard InChI is InChI=1S/C25H35N5O5/c1-7-9-14-29(15-10-8-2)22(31)18-12-11-13-19(16-18)26-27-21-17(3)20(25(34)35-6)23(32)30(24(21)33)28(4)5/h11-13,16,33H,7-10,14-15H2,1-6H3/b27-26+. The number of carbonyl (C=O) groups is 2. The number of unbranched alkanes of at least 4 members (excludes halogenated alkanes) is 2. The zero-order valence-electron chi connectivity index (χ0n) is 21.4. The molecule has 0 saturated heterocycles. The van der Waals surface area contributed by atoms with Gasteiger partial charge in [0.1, 0.15) is 5.56 Å². The summed E-state index contributed by atoms with van der Waals surface area (Å²) < 4.78 is 5.65. The van der Waals surface area contributed by atoms with Gasteiger partial charge < -0.3 is 19.8 Å². The van der Waals surface area contributed by atoms with Crippen LogP contribution in [0.4, 0.5) is 11.4 Å². The molecule has 35 heavy (non-hydrogen) atoms. The average Bonchev–Trinajstić information content (AvgIpc) is 2.83. The van der Waals surface area contributed by atoms with E-state index in [0.29, 0.717) is 24.3 Å². The first kappa shape index (κ1) is 27.6. The maximum atomic E-state index is 13.1. The topological polar surface area (TPSA) is 117 Å². The molecule has 0 fully saturated rings. The van der Waals surface area contributed by atoms with E-state index in [0.717, 1.165) is 30.4 Å². The molecule has 1 aromatic heterocycles. The highest BCUT2D eigenvalue weighted by atomic mass is 16.5. The molecule has 2 rings (SSSR count). The van der Waals surface area contributed by atoms with E-state index in [1.807, 2.05) is 4.90 Å². The van der Waals surface area contributed by atoms with Crippen LogP contribution in [0, 0.1) is 6.92 Å². The molecule has 0 saturated carbocycles. The zero-order chi connectivity index (χ0) is 26.1. The number of ether oxygens (including phenoxy) is 1. The predicted octanol–water partition coefficient (Wildman–Crippen LogP) is 4.30. The van der Waals surface area contributed by atoms with Crippen molar-refractivity contribution < 1.29 is 19.4 Å². The predicted molar refractivity (Wildman–Crippen MR) is 135 cm³/mol. The molecule has 190 valence electrons. The van der Waals surface area contributed by atoms with Crippen molar-refractivity contribution in [3.05, 3.63) is 51.3 Å². The minimum atomic E-state index is -0.841. The fraction of sp³-hybridized carbons (Fsp3) is 0.480. The quantitative estimate of drug-likeness (QED) is 0.375. The van der Waals surface area contributed by atoms with Gasteiger partial charge in [0, 0.05) is 38.3 Å². The van der Waals surface area contributed by atoms with Gasteiger partial charge in [-0.15, -0.1) is 5.11 Å². The summed E-state index contributed by atoms with van der Waals surface area (Å²) in [7, 11) is 4.24. The fourth-order valence-electron chi connectivity index (χ4n) is 3.59. The van der Waals surface area contributed by atoms with E-state index in [2.05, 4.69) is 24.1 Å².